The minimum Gasteiger partial charge on any atom is -0.324 e. The van der Waals surface area contributed by atoms with Crippen LogP contribution in [0.2, 0.25) is 0 Å². The Morgan fingerprint density at radius 3 is 1.88 bits per heavy atom. The van der Waals surface area contributed by atoms with Crippen molar-refractivity contribution in [2.75, 3.05) is 19.6 Å². The summed E-state index contributed by atoms with van der Waals surface area (Å²) in [6, 6.07) is 29.9. The van der Waals surface area contributed by atoms with E-state index in [1.54, 1.807) is 0 Å². The van der Waals surface area contributed by atoms with Crippen molar-refractivity contribution in [1.82, 2.24) is 14.4 Å². The molecule has 172 valence electrons. The molecule has 0 bridgehead atoms. The van der Waals surface area contributed by atoms with Gasteiger partial charge in [-0.2, -0.15) is 0 Å². The van der Waals surface area contributed by atoms with Crippen LogP contribution in [0.1, 0.15) is 45.3 Å². The van der Waals surface area contributed by atoms with Crippen molar-refractivity contribution in [3.63, 3.8) is 0 Å². The summed E-state index contributed by atoms with van der Waals surface area (Å²) >= 11 is 0. The minimum atomic E-state index is 0.381. The molecule has 0 spiro atoms. The summed E-state index contributed by atoms with van der Waals surface area (Å²) in [4.78, 5) is 5.47. The topological polar surface area (TPSA) is 11.4 Å². The Bertz CT molecular complexity index is 1130. The lowest BCUT2D eigenvalue weighted by molar-refractivity contribution is -0.00205. The predicted molar refractivity (Wildman–Crippen MR) is 141 cm³/mol. The standard InChI is InChI=1S/C30H37N3/c1-4-30(33-28-18-10-8-16-26(28)27-17-9-11-19-29(27)33)31-21-23(2)32(24(3)22-31)20-12-15-25-13-6-5-7-14-25/h5-11,13-14,16-19,23-24,30H,4,12,15,20-22H2,1-3H3. The Kier molecular flexibility index (Phi) is 6.52. The Labute approximate surface area is 198 Å². The fourth-order valence-electron chi connectivity index (χ4n) is 6.07. The third kappa shape index (κ3) is 4.32. The minimum absolute atomic E-state index is 0.381. The zero-order valence-corrected chi connectivity index (χ0v) is 20.3. The molecule has 0 saturated carbocycles. The summed E-state index contributed by atoms with van der Waals surface area (Å²) in [6.45, 7) is 10.6. The van der Waals surface area contributed by atoms with E-state index in [1.807, 2.05) is 0 Å². The lowest BCUT2D eigenvalue weighted by Crippen LogP contribution is -2.58. The molecule has 0 N–H and O–H groups in total. The van der Waals surface area contributed by atoms with Gasteiger partial charge >= 0.3 is 0 Å². The first kappa shape index (κ1) is 22.2. The number of piperazine rings is 1. The van der Waals surface area contributed by atoms with Crippen molar-refractivity contribution in [1.29, 1.82) is 0 Å². The average molecular weight is 440 g/mol. The van der Waals surface area contributed by atoms with Gasteiger partial charge in [-0.25, -0.2) is 0 Å². The molecule has 1 aliphatic rings. The highest BCUT2D eigenvalue weighted by molar-refractivity contribution is 6.08. The summed E-state index contributed by atoms with van der Waals surface area (Å²) in [5.74, 6) is 0. The third-order valence-electron chi connectivity index (χ3n) is 7.56. The zero-order chi connectivity index (χ0) is 22.8. The molecule has 5 rings (SSSR count). The Morgan fingerprint density at radius 1 is 0.758 bits per heavy atom. The number of fused-ring (bicyclic) bond motifs is 3. The van der Waals surface area contributed by atoms with Crippen LogP contribution in [0, 0.1) is 0 Å². The van der Waals surface area contributed by atoms with E-state index in [0.29, 0.717) is 18.2 Å². The number of aromatic nitrogens is 1. The zero-order valence-electron chi connectivity index (χ0n) is 20.3. The second-order valence-electron chi connectivity index (χ2n) is 9.77. The molecule has 3 aromatic carbocycles. The SMILES string of the molecule is CCC(N1CC(C)N(CCCc2ccccc2)C(C)C1)n1c2ccccc2c2ccccc21. The van der Waals surface area contributed by atoms with E-state index >= 15 is 0 Å². The van der Waals surface area contributed by atoms with E-state index in [9.17, 15) is 0 Å². The van der Waals surface area contributed by atoms with Gasteiger partial charge in [0.1, 0.15) is 0 Å². The van der Waals surface area contributed by atoms with Crippen molar-refractivity contribution >= 4 is 21.8 Å². The van der Waals surface area contributed by atoms with Crippen LogP contribution >= 0.6 is 0 Å². The quantitative estimate of drug-likeness (QED) is 0.316. The summed E-state index contributed by atoms with van der Waals surface area (Å²) in [6.07, 6.45) is 3.88. The number of hydrogen-bond donors (Lipinski definition) is 0. The Hall–Kier alpha value is -2.62. The van der Waals surface area contributed by atoms with Crippen molar-refractivity contribution in [2.24, 2.45) is 0 Å². The summed E-state index contributed by atoms with van der Waals surface area (Å²) in [7, 11) is 0. The molecular formula is C30H37N3. The maximum absolute atomic E-state index is 2.74. The molecule has 3 unspecified atom stereocenters. The molecule has 1 aliphatic heterocycles. The molecule has 1 fully saturated rings. The van der Waals surface area contributed by atoms with Gasteiger partial charge in [-0.3, -0.25) is 9.80 Å². The fraction of sp³-hybridized carbons (Fsp3) is 0.400. The van der Waals surface area contributed by atoms with Crippen LogP contribution in [0.25, 0.3) is 21.8 Å². The van der Waals surface area contributed by atoms with Crippen LogP contribution in [0.5, 0.6) is 0 Å². The Morgan fingerprint density at radius 2 is 1.30 bits per heavy atom. The van der Waals surface area contributed by atoms with E-state index < -0.39 is 0 Å². The van der Waals surface area contributed by atoms with Gasteiger partial charge in [-0.05, 0) is 57.4 Å². The van der Waals surface area contributed by atoms with Gasteiger partial charge in [-0.15, -0.1) is 0 Å². The number of benzene rings is 3. The van der Waals surface area contributed by atoms with Gasteiger partial charge in [0, 0.05) is 35.9 Å². The summed E-state index contributed by atoms with van der Waals surface area (Å²) in [5.41, 5.74) is 4.17. The van der Waals surface area contributed by atoms with Crippen molar-refractivity contribution in [3.05, 3.63) is 84.4 Å². The molecule has 1 saturated heterocycles. The second kappa shape index (κ2) is 9.70. The monoisotopic (exact) mass is 439 g/mol. The van der Waals surface area contributed by atoms with E-state index in [-0.39, 0.29) is 0 Å². The number of aryl methyl sites for hydroxylation is 1. The summed E-state index contributed by atoms with van der Waals surface area (Å²) in [5, 5.41) is 2.74. The van der Waals surface area contributed by atoms with Crippen LogP contribution in [0.4, 0.5) is 0 Å². The van der Waals surface area contributed by atoms with E-state index in [2.05, 4.69) is 114 Å². The smallest absolute Gasteiger partial charge is 0.0869 e. The van der Waals surface area contributed by atoms with E-state index in [1.165, 1.54) is 46.8 Å². The number of nitrogens with zero attached hydrogens (tertiary/aromatic N) is 3. The maximum Gasteiger partial charge on any atom is 0.0869 e. The van der Waals surface area contributed by atoms with Gasteiger partial charge in [0.25, 0.3) is 0 Å². The molecule has 0 radical (unpaired) electrons. The molecule has 2 heterocycles. The van der Waals surface area contributed by atoms with Gasteiger partial charge in [0.15, 0.2) is 0 Å². The van der Waals surface area contributed by atoms with Crippen LogP contribution in [0.3, 0.4) is 0 Å². The third-order valence-corrected chi connectivity index (χ3v) is 7.56. The second-order valence-corrected chi connectivity index (χ2v) is 9.77. The molecule has 4 aromatic rings. The number of hydrogen-bond acceptors (Lipinski definition) is 2. The molecule has 3 atom stereocenters. The van der Waals surface area contributed by atoms with Crippen LogP contribution < -0.4 is 0 Å². The van der Waals surface area contributed by atoms with E-state index in [0.717, 1.165) is 19.5 Å². The fourth-order valence-corrected chi connectivity index (χ4v) is 6.07. The molecule has 0 amide bonds. The van der Waals surface area contributed by atoms with Gasteiger partial charge in [0.2, 0.25) is 0 Å². The van der Waals surface area contributed by atoms with Crippen LogP contribution in [0.15, 0.2) is 78.9 Å². The molecule has 0 aliphatic carbocycles. The first-order valence-corrected chi connectivity index (χ1v) is 12.7. The highest BCUT2D eigenvalue weighted by Gasteiger charge is 2.33. The maximum atomic E-state index is 2.74. The van der Waals surface area contributed by atoms with Crippen LogP contribution in [-0.2, 0) is 6.42 Å². The molecule has 3 nitrogen and oxygen atoms in total. The highest BCUT2D eigenvalue weighted by atomic mass is 15.4. The highest BCUT2D eigenvalue weighted by Crippen LogP contribution is 2.35. The Balaban J connectivity index is 1.35. The first-order valence-electron chi connectivity index (χ1n) is 12.7. The first-order chi connectivity index (χ1) is 16.2. The van der Waals surface area contributed by atoms with Crippen LogP contribution in [-0.4, -0.2) is 46.1 Å². The molecule has 1 aromatic heterocycles. The number of rotatable bonds is 7. The molecule has 3 heteroatoms. The van der Waals surface area contributed by atoms with Gasteiger partial charge < -0.3 is 4.57 Å². The van der Waals surface area contributed by atoms with E-state index in [4.69, 9.17) is 0 Å². The lowest BCUT2D eigenvalue weighted by Gasteiger charge is -2.47. The number of para-hydroxylation sites is 2. The summed E-state index contributed by atoms with van der Waals surface area (Å²) < 4.78 is 2.61. The lowest BCUT2D eigenvalue weighted by atomic mass is 10.0. The normalized spacial score (nSPS) is 21.1. The molecule has 33 heavy (non-hydrogen) atoms. The largest absolute Gasteiger partial charge is 0.324 e. The average Bonchev–Trinajstić information content (AvgIpc) is 3.17. The predicted octanol–water partition coefficient (Wildman–Crippen LogP) is 6.73. The van der Waals surface area contributed by atoms with Gasteiger partial charge in [0.05, 0.1) is 17.2 Å². The van der Waals surface area contributed by atoms with Crippen molar-refractivity contribution in [3.8, 4) is 0 Å². The van der Waals surface area contributed by atoms with Crippen molar-refractivity contribution < 1.29 is 0 Å². The van der Waals surface area contributed by atoms with Gasteiger partial charge in [-0.1, -0.05) is 73.7 Å². The molecular weight excluding hydrogens is 402 g/mol. The van der Waals surface area contributed by atoms with Crippen molar-refractivity contribution in [2.45, 2.75) is 58.3 Å².